The van der Waals surface area contributed by atoms with Gasteiger partial charge in [-0.2, -0.15) is 11.8 Å². The van der Waals surface area contributed by atoms with Crippen molar-refractivity contribution in [2.75, 3.05) is 5.75 Å². The summed E-state index contributed by atoms with van der Waals surface area (Å²) in [5, 5.41) is 0.716. The zero-order valence-corrected chi connectivity index (χ0v) is 11.8. The second-order valence-corrected chi connectivity index (χ2v) is 6.54. The van der Waals surface area contributed by atoms with E-state index in [-0.39, 0.29) is 5.54 Å². The molecule has 0 bridgehead atoms. The summed E-state index contributed by atoms with van der Waals surface area (Å²) in [7, 11) is 0. The number of hydrogen-bond acceptors (Lipinski definition) is 2. The molecule has 0 aliphatic rings. The highest BCUT2D eigenvalue weighted by Gasteiger charge is 2.05. The molecule has 0 amide bonds. The van der Waals surface area contributed by atoms with Gasteiger partial charge in [0.25, 0.3) is 0 Å². The van der Waals surface area contributed by atoms with Crippen LogP contribution in [-0.4, -0.2) is 22.3 Å². The lowest BCUT2D eigenvalue weighted by Crippen LogP contribution is -2.11. The van der Waals surface area contributed by atoms with Gasteiger partial charge in [0.05, 0.1) is 5.54 Å². The molecule has 0 fully saturated rings. The van der Waals surface area contributed by atoms with Gasteiger partial charge in [0.2, 0.25) is 0 Å². The average Bonchev–Trinajstić information content (AvgIpc) is 2.00. The fourth-order valence-electron chi connectivity index (χ4n) is 1.35. The Morgan fingerprint density at radius 1 is 1.40 bits per heavy atom. The second-order valence-electron chi connectivity index (χ2n) is 4.83. The molecule has 0 aliphatic heterocycles. The molecule has 1 nitrogen and oxygen atoms in total. The summed E-state index contributed by atoms with van der Waals surface area (Å²) in [4.78, 5) is 4.58. The zero-order valence-electron chi connectivity index (χ0n) is 11.0. The Kier molecular flexibility index (Phi) is 6.99. The number of allylic oxidation sites excluding steroid dienone is 2. The molecule has 2 heteroatoms. The van der Waals surface area contributed by atoms with Crippen LogP contribution in [0, 0.1) is 0 Å². The Morgan fingerprint density at radius 2 is 2.00 bits per heavy atom. The summed E-state index contributed by atoms with van der Waals surface area (Å²) in [6, 6.07) is 0. The van der Waals surface area contributed by atoms with E-state index in [4.69, 9.17) is 0 Å². The summed E-state index contributed by atoms with van der Waals surface area (Å²) >= 11 is 2.00. The standard InChI is InChI=1S/C13H25NS/c1-7-15-12(3)10-8-9-11(2)14-13(4,5)6/h8-9,12H,7,10H2,1-6H3/b9-8+,14-11+. The maximum absolute atomic E-state index is 4.58. The van der Waals surface area contributed by atoms with Crippen LogP contribution >= 0.6 is 11.8 Å². The molecule has 88 valence electrons. The molecule has 0 spiro atoms. The molecule has 0 heterocycles. The first kappa shape index (κ1) is 14.8. The number of aliphatic imine (C=N–C) groups is 1. The largest absolute Gasteiger partial charge is 0.284 e. The van der Waals surface area contributed by atoms with Crippen molar-refractivity contribution in [2.24, 2.45) is 4.99 Å². The smallest absolute Gasteiger partial charge is 0.0527 e. The van der Waals surface area contributed by atoms with Gasteiger partial charge >= 0.3 is 0 Å². The Hall–Kier alpha value is -0.240. The van der Waals surface area contributed by atoms with Crippen LogP contribution in [0.4, 0.5) is 0 Å². The fraction of sp³-hybridized carbons (Fsp3) is 0.769. The van der Waals surface area contributed by atoms with E-state index in [9.17, 15) is 0 Å². The zero-order chi connectivity index (χ0) is 11.9. The first-order valence-corrected chi connectivity index (χ1v) is 6.74. The van der Waals surface area contributed by atoms with Gasteiger partial charge in [-0.25, -0.2) is 0 Å². The lowest BCUT2D eigenvalue weighted by atomic mass is 10.1. The Bertz CT molecular complexity index is 223. The minimum absolute atomic E-state index is 0.0399. The maximum Gasteiger partial charge on any atom is 0.0527 e. The molecule has 0 saturated carbocycles. The minimum Gasteiger partial charge on any atom is -0.284 e. The molecule has 0 aliphatic carbocycles. The van der Waals surface area contributed by atoms with Crippen molar-refractivity contribution in [1.29, 1.82) is 0 Å². The van der Waals surface area contributed by atoms with E-state index in [0.717, 1.165) is 12.1 Å². The highest BCUT2D eigenvalue weighted by Crippen LogP contribution is 2.13. The fourth-order valence-corrected chi connectivity index (χ4v) is 2.17. The van der Waals surface area contributed by atoms with Gasteiger partial charge in [-0.05, 0) is 45.9 Å². The van der Waals surface area contributed by atoms with Crippen molar-refractivity contribution in [2.45, 2.75) is 58.8 Å². The normalized spacial score (nSPS) is 16.0. The SMILES string of the molecule is CCSC(C)C/C=C/C(C)=N/C(C)(C)C. The van der Waals surface area contributed by atoms with E-state index in [0.29, 0.717) is 5.25 Å². The third kappa shape index (κ3) is 10.1. The third-order valence-corrected chi connectivity index (χ3v) is 2.88. The van der Waals surface area contributed by atoms with Gasteiger partial charge in [0, 0.05) is 11.0 Å². The summed E-state index contributed by atoms with van der Waals surface area (Å²) < 4.78 is 0. The molecular formula is C13H25NS. The predicted molar refractivity (Wildman–Crippen MR) is 74.2 cm³/mol. The highest BCUT2D eigenvalue weighted by molar-refractivity contribution is 7.99. The van der Waals surface area contributed by atoms with Crippen molar-refractivity contribution in [1.82, 2.24) is 0 Å². The first-order chi connectivity index (χ1) is 6.85. The highest BCUT2D eigenvalue weighted by atomic mass is 32.2. The van der Waals surface area contributed by atoms with E-state index >= 15 is 0 Å². The van der Waals surface area contributed by atoms with Crippen molar-refractivity contribution < 1.29 is 0 Å². The van der Waals surface area contributed by atoms with E-state index in [2.05, 4.69) is 58.7 Å². The summed E-state index contributed by atoms with van der Waals surface area (Å²) in [5.41, 5.74) is 1.16. The minimum atomic E-state index is 0.0399. The molecule has 1 atom stereocenters. The Morgan fingerprint density at radius 3 is 2.47 bits per heavy atom. The summed E-state index contributed by atoms with van der Waals surface area (Å²) in [5.74, 6) is 1.20. The van der Waals surface area contributed by atoms with Gasteiger partial charge in [-0.3, -0.25) is 4.99 Å². The van der Waals surface area contributed by atoms with Gasteiger partial charge in [-0.15, -0.1) is 0 Å². The van der Waals surface area contributed by atoms with E-state index in [1.807, 2.05) is 11.8 Å². The van der Waals surface area contributed by atoms with Crippen LogP contribution in [0.5, 0.6) is 0 Å². The third-order valence-electron chi connectivity index (χ3n) is 1.79. The van der Waals surface area contributed by atoms with Gasteiger partial charge in [0.15, 0.2) is 0 Å². The predicted octanol–water partition coefficient (Wildman–Crippen LogP) is 4.33. The molecular weight excluding hydrogens is 202 g/mol. The monoisotopic (exact) mass is 227 g/mol. The van der Waals surface area contributed by atoms with Crippen LogP contribution in [0.3, 0.4) is 0 Å². The van der Waals surface area contributed by atoms with Crippen LogP contribution in [0.15, 0.2) is 17.1 Å². The molecule has 0 radical (unpaired) electrons. The van der Waals surface area contributed by atoms with Crippen LogP contribution in [0.25, 0.3) is 0 Å². The first-order valence-electron chi connectivity index (χ1n) is 5.69. The molecule has 0 aromatic rings. The number of hydrogen-bond donors (Lipinski definition) is 0. The molecule has 0 rings (SSSR count). The summed E-state index contributed by atoms with van der Waals surface area (Å²) in [6.45, 7) is 12.9. The van der Waals surface area contributed by atoms with Gasteiger partial charge in [0.1, 0.15) is 0 Å². The Balaban J connectivity index is 4.02. The van der Waals surface area contributed by atoms with Crippen LogP contribution in [0.2, 0.25) is 0 Å². The lowest BCUT2D eigenvalue weighted by Gasteiger charge is -2.12. The number of thioether (sulfide) groups is 1. The van der Waals surface area contributed by atoms with E-state index in [1.54, 1.807) is 0 Å². The molecule has 0 saturated heterocycles. The quantitative estimate of drug-likeness (QED) is 0.637. The van der Waals surface area contributed by atoms with Crippen LogP contribution in [0.1, 0.15) is 48.0 Å². The maximum atomic E-state index is 4.58. The average molecular weight is 227 g/mol. The topological polar surface area (TPSA) is 12.4 Å². The van der Waals surface area contributed by atoms with Crippen molar-refractivity contribution in [3.8, 4) is 0 Å². The van der Waals surface area contributed by atoms with E-state index < -0.39 is 0 Å². The number of nitrogens with zero attached hydrogens (tertiary/aromatic N) is 1. The van der Waals surface area contributed by atoms with Gasteiger partial charge in [-0.1, -0.05) is 19.9 Å². The molecule has 0 aromatic heterocycles. The summed E-state index contributed by atoms with van der Waals surface area (Å²) in [6.07, 6.45) is 5.51. The molecule has 1 unspecified atom stereocenters. The molecule has 0 N–H and O–H groups in total. The van der Waals surface area contributed by atoms with Gasteiger partial charge < -0.3 is 0 Å². The van der Waals surface area contributed by atoms with Crippen LogP contribution in [-0.2, 0) is 0 Å². The van der Waals surface area contributed by atoms with Crippen molar-refractivity contribution >= 4 is 17.5 Å². The lowest BCUT2D eigenvalue weighted by molar-refractivity contribution is 0.584. The van der Waals surface area contributed by atoms with Crippen molar-refractivity contribution in [3.05, 3.63) is 12.2 Å². The Labute approximate surface area is 99.4 Å². The number of rotatable bonds is 5. The van der Waals surface area contributed by atoms with Crippen molar-refractivity contribution in [3.63, 3.8) is 0 Å². The van der Waals surface area contributed by atoms with E-state index in [1.165, 1.54) is 5.75 Å². The second kappa shape index (κ2) is 7.10. The molecule has 15 heavy (non-hydrogen) atoms. The van der Waals surface area contributed by atoms with Crippen LogP contribution < -0.4 is 0 Å². The molecule has 0 aromatic carbocycles.